The summed E-state index contributed by atoms with van der Waals surface area (Å²) in [6.07, 6.45) is 0. The van der Waals surface area contributed by atoms with E-state index in [2.05, 4.69) is 5.10 Å². The van der Waals surface area contributed by atoms with Crippen LogP contribution in [0.1, 0.15) is 11.3 Å². The van der Waals surface area contributed by atoms with Crippen molar-refractivity contribution in [3.8, 4) is 16.9 Å². The first-order chi connectivity index (χ1) is 11.4. The molecular weight excluding hydrogens is 326 g/mol. The number of rotatable bonds is 4. The molecule has 0 saturated heterocycles. The molecular formula is C17H17N3O3S. The third-order valence-corrected chi connectivity index (χ3v) is 4.63. The van der Waals surface area contributed by atoms with Gasteiger partial charge in [-0.2, -0.15) is 5.10 Å². The van der Waals surface area contributed by atoms with Gasteiger partial charge >= 0.3 is 0 Å². The molecule has 1 heterocycles. The molecule has 24 heavy (non-hydrogen) atoms. The molecule has 124 valence electrons. The number of aryl methyl sites for hydroxylation is 1. The van der Waals surface area contributed by atoms with Crippen molar-refractivity contribution < 1.29 is 13.5 Å². The van der Waals surface area contributed by atoms with Gasteiger partial charge in [0, 0.05) is 5.56 Å². The summed E-state index contributed by atoms with van der Waals surface area (Å²) in [5.74, 6) is 0. The Morgan fingerprint density at radius 2 is 1.79 bits per heavy atom. The molecule has 3 N–H and O–H groups in total. The van der Waals surface area contributed by atoms with Crippen molar-refractivity contribution in [3.63, 3.8) is 0 Å². The van der Waals surface area contributed by atoms with Crippen LogP contribution in [0, 0.1) is 6.92 Å². The average Bonchev–Trinajstić information content (AvgIpc) is 2.99. The lowest BCUT2D eigenvalue weighted by Gasteiger charge is -2.11. The van der Waals surface area contributed by atoms with Crippen LogP contribution in [0.4, 0.5) is 0 Å². The predicted molar refractivity (Wildman–Crippen MR) is 91.0 cm³/mol. The number of hydrogen-bond acceptors (Lipinski definition) is 4. The predicted octanol–water partition coefficient (Wildman–Crippen LogP) is 1.99. The number of sulfonamides is 1. The van der Waals surface area contributed by atoms with E-state index in [0.717, 1.165) is 11.1 Å². The van der Waals surface area contributed by atoms with Crippen LogP contribution in [0.15, 0.2) is 59.5 Å². The standard InChI is InChI=1S/C17H17N3O3S/c1-12-6-8-13(9-7-12)16-10-14(11-21)19-20(16)15-4-2-3-5-17(15)24(18,22)23/h2-10,21H,11H2,1H3,(H2,18,22,23). The zero-order valence-corrected chi connectivity index (χ0v) is 13.9. The second-order valence-electron chi connectivity index (χ2n) is 5.47. The highest BCUT2D eigenvalue weighted by Gasteiger charge is 2.19. The number of primary sulfonamides is 1. The number of nitrogens with zero attached hydrogens (tertiary/aromatic N) is 2. The molecule has 0 amide bonds. The number of para-hydroxylation sites is 1. The van der Waals surface area contributed by atoms with E-state index in [1.807, 2.05) is 31.2 Å². The van der Waals surface area contributed by atoms with E-state index in [-0.39, 0.29) is 11.5 Å². The van der Waals surface area contributed by atoms with Gasteiger partial charge in [0.2, 0.25) is 10.0 Å². The zero-order chi connectivity index (χ0) is 17.3. The molecule has 0 spiro atoms. The van der Waals surface area contributed by atoms with Gasteiger partial charge in [-0.25, -0.2) is 18.2 Å². The Hall–Kier alpha value is -2.48. The molecule has 1 aromatic heterocycles. The number of benzene rings is 2. The highest BCUT2D eigenvalue weighted by atomic mass is 32.2. The summed E-state index contributed by atoms with van der Waals surface area (Å²) in [6, 6.07) is 15.9. The summed E-state index contributed by atoms with van der Waals surface area (Å²) in [5, 5.41) is 19.1. The van der Waals surface area contributed by atoms with Gasteiger partial charge in [0.15, 0.2) is 0 Å². The Labute approximate surface area is 140 Å². The molecule has 3 rings (SSSR count). The number of nitrogens with two attached hydrogens (primary N) is 1. The van der Waals surface area contributed by atoms with E-state index in [0.29, 0.717) is 17.1 Å². The Morgan fingerprint density at radius 1 is 1.12 bits per heavy atom. The Morgan fingerprint density at radius 3 is 2.42 bits per heavy atom. The Bertz CT molecular complexity index is 977. The zero-order valence-electron chi connectivity index (χ0n) is 13.0. The summed E-state index contributed by atoms with van der Waals surface area (Å²) in [5.41, 5.74) is 3.43. The molecule has 2 aromatic carbocycles. The normalized spacial score (nSPS) is 11.6. The van der Waals surface area contributed by atoms with Crippen LogP contribution in [0.3, 0.4) is 0 Å². The third-order valence-electron chi connectivity index (χ3n) is 3.67. The number of aliphatic hydroxyl groups excluding tert-OH is 1. The minimum absolute atomic E-state index is 0.0223. The molecule has 0 unspecified atom stereocenters. The van der Waals surface area contributed by atoms with Crippen LogP contribution in [-0.2, 0) is 16.6 Å². The molecule has 0 atom stereocenters. The van der Waals surface area contributed by atoms with Gasteiger partial charge in [0.25, 0.3) is 0 Å². The van der Waals surface area contributed by atoms with Crippen LogP contribution in [0.25, 0.3) is 16.9 Å². The quantitative estimate of drug-likeness (QED) is 0.757. The maximum Gasteiger partial charge on any atom is 0.240 e. The molecule has 0 aliphatic carbocycles. The molecule has 0 aliphatic rings. The van der Waals surface area contributed by atoms with Crippen LogP contribution >= 0.6 is 0 Å². The van der Waals surface area contributed by atoms with Crippen LogP contribution in [0.2, 0.25) is 0 Å². The van der Waals surface area contributed by atoms with E-state index in [1.165, 1.54) is 10.7 Å². The summed E-state index contributed by atoms with van der Waals surface area (Å²) >= 11 is 0. The fraction of sp³-hybridized carbons (Fsp3) is 0.118. The largest absolute Gasteiger partial charge is 0.390 e. The number of aliphatic hydroxyl groups is 1. The first-order valence-electron chi connectivity index (χ1n) is 7.29. The highest BCUT2D eigenvalue weighted by molar-refractivity contribution is 7.89. The number of hydrogen-bond donors (Lipinski definition) is 2. The summed E-state index contributed by atoms with van der Waals surface area (Å²) in [4.78, 5) is -0.0223. The third kappa shape index (κ3) is 3.09. The van der Waals surface area contributed by atoms with Gasteiger partial charge in [-0.15, -0.1) is 0 Å². The van der Waals surface area contributed by atoms with E-state index < -0.39 is 10.0 Å². The molecule has 6 nitrogen and oxygen atoms in total. The van der Waals surface area contributed by atoms with Gasteiger partial charge in [-0.05, 0) is 25.1 Å². The van der Waals surface area contributed by atoms with Gasteiger partial charge in [0.05, 0.1) is 23.7 Å². The van der Waals surface area contributed by atoms with Crippen LogP contribution in [0.5, 0.6) is 0 Å². The lowest BCUT2D eigenvalue weighted by molar-refractivity contribution is 0.276. The lowest BCUT2D eigenvalue weighted by atomic mass is 10.1. The minimum atomic E-state index is -3.91. The van der Waals surface area contributed by atoms with Gasteiger partial charge in [0.1, 0.15) is 4.90 Å². The van der Waals surface area contributed by atoms with Crippen molar-refractivity contribution in [2.75, 3.05) is 0 Å². The monoisotopic (exact) mass is 343 g/mol. The van der Waals surface area contributed by atoms with Crippen LogP contribution < -0.4 is 5.14 Å². The van der Waals surface area contributed by atoms with Gasteiger partial charge < -0.3 is 5.11 Å². The van der Waals surface area contributed by atoms with Gasteiger partial charge in [-0.3, -0.25) is 0 Å². The molecule has 0 fully saturated rings. The summed E-state index contributed by atoms with van der Waals surface area (Å²) in [6.45, 7) is 1.74. The minimum Gasteiger partial charge on any atom is -0.390 e. The summed E-state index contributed by atoms with van der Waals surface area (Å²) < 4.78 is 25.3. The average molecular weight is 343 g/mol. The molecule has 3 aromatic rings. The van der Waals surface area contributed by atoms with Crippen molar-refractivity contribution in [3.05, 3.63) is 65.9 Å². The first kappa shape index (κ1) is 16.4. The lowest BCUT2D eigenvalue weighted by Crippen LogP contribution is -2.16. The van der Waals surface area contributed by atoms with E-state index in [4.69, 9.17) is 5.14 Å². The first-order valence-corrected chi connectivity index (χ1v) is 8.84. The van der Waals surface area contributed by atoms with E-state index in [9.17, 15) is 13.5 Å². The topological polar surface area (TPSA) is 98.2 Å². The van der Waals surface area contributed by atoms with E-state index >= 15 is 0 Å². The van der Waals surface area contributed by atoms with Crippen LogP contribution in [-0.4, -0.2) is 23.3 Å². The number of aromatic nitrogens is 2. The van der Waals surface area contributed by atoms with E-state index in [1.54, 1.807) is 24.3 Å². The SMILES string of the molecule is Cc1ccc(-c2cc(CO)nn2-c2ccccc2S(N)(=O)=O)cc1. The van der Waals surface area contributed by atoms with Crippen molar-refractivity contribution in [1.82, 2.24) is 9.78 Å². The maximum atomic E-state index is 11.9. The van der Waals surface area contributed by atoms with Crippen molar-refractivity contribution in [2.45, 2.75) is 18.4 Å². The molecule has 0 radical (unpaired) electrons. The van der Waals surface area contributed by atoms with Crippen molar-refractivity contribution in [1.29, 1.82) is 0 Å². The molecule has 0 bridgehead atoms. The highest BCUT2D eigenvalue weighted by Crippen LogP contribution is 2.27. The summed E-state index contributed by atoms with van der Waals surface area (Å²) in [7, 11) is -3.91. The fourth-order valence-electron chi connectivity index (χ4n) is 2.49. The van der Waals surface area contributed by atoms with Gasteiger partial charge in [-0.1, -0.05) is 42.0 Å². The molecule has 0 saturated carbocycles. The fourth-order valence-corrected chi connectivity index (χ4v) is 3.21. The maximum absolute atomic E-state index is 11.9. The van der Waals surface area contributed by atoms with Crippen molar-refractivity contribution >= 4 is 10.0 Å². The Kier molecular flexibility index (Phi) is 4.23. The second-order valence-corrected chi connectivity index (χ2v) is 7.00. The smallest absolute Gasteiger partial charge is 0.240 e. The second kappa shape index (κ2) is 6.20. The van der Waals surface area contributed by atoms with Crippen molar-refractivity contribution in [2.24, 2.45) is 5.14 Å². The Balaban J connectivity index is 2.26. The molecule has 0 aliphatic heterocycles. The molecule has 7 heteroatoms.